The van der Waals surface area contributed by atoms with Gasteiger partial charge in [-0.05, 0) is 30.9 Å². The number of hydrogen-bond donors (Lipinski definition) is 1. The lowest BCUT2D eigenvalue weighted by atomic mass is 10.2. The molecule has 1 aliphatic rings. The van der Waals surface area contributed by atoms with E-state index in [9.17, 15) is 0 Å². The third kappa shape index (κ3) is 4.39. The number of aromatic nitrogens is 2. The first-order valence-electron chi connectivity index (χ1n) is 8.40. The van der Waals surface area contributed by atoms with Crippen molar-refractivity contribution in [2.45, 2.75) is 24.7 Å². The van der Waals surface area contributed by atoms with Crippen LogP contribution < -0.4 is 10.2 Å². The van der Waals surface area contributed by atoms with Crippen molar-refractivity contribution in [2.75, 3.05) is 42.8 Å². The minimum atomic E-state index is 0.667. The number of anilines is 3. The highest BCUT2D eigenvalue weighted by Crippen LogP contribution is 2.23. The van der Waals surface area contributed by atoms with E-state index in [1.807, 2.05) is 12.1 Å². The molecule has 1 fully saturated rings. The van der Waals surface area contributed by atoms with Crippen LogP contribution in [0.1, 0.15) is 19.0 Å². The Morgan fingerprint density at radius 1 is 1.21 bits per heavy atom. The predicted octanol–water partition coefficient (Wildman–Crippen LogP) is 3.73. The summed E-state index contributed by atoms with van der Waals surface area (Å²) in [5, 5.41) is 3.36. The topological polar surface area (TPSA) is 50.3 Å². The molecule has 3 rings (SSSR count). The van der Waals surface area contributed by atoms with Crippen molar-refractivity contribution in [1.82, 2.24) is 9.97 Å². The fraction of sp³-hybridized carbons (Fsp3) is 0.444. The molecule has 0 aliphatic carbocycles. The van der Waals surface area contributed by atoms with E-state index < -0.39 is 0 Å². The van der Waals surface area contributed by atoms with Gasteiger partial charge < -0.3 is 15.0 Å². The van der Waals surface area contributed by atoms with Gasteiger partial charge in [-0.15, -0.1) is 11.8 Å². The predicted molar refractivity (Wildman–Crippen MR) is 101 cm³/mol. The largest absolute Gasteiger partial charge is 0.378 e. The second-order valence-electron chi connectivity index (χ2n) is 5.75. The summed E-state index contributed by atoms with van der Waals surface area (Å²) in [6, 6.07) is 10.4. The number of nitrogens with zero attached hydrogens (tertiary/aromatic N) is 3. The molecule has 1 N–H and O–H groups in total. The van der Waals surface area contributed by atoms with Crippen LogP contribution in [0.2, 0.25) is 0 Å². The fourth-order valence-electron chi connectivity index (χ4n) is 2.71. The average Bonchev–Trinajstić information content (AvgIpc) is 2.63. The first-order valence-corrected chi connectivity index (χ1v) is 9.62. The SMILES string of the molecule is CCCc1cc(N2CCOCC2)nc(Nc2cccc(SC)c2)n1. The van der Waals surface area contributed by atoms with Crippen LogP contribution in [-0.2, 0) is 11.2 Å². The Hall–Kier alpha value is -1.79. The molecule has 1 aliphatic heterocycles. The van der Waals surface area contributed by atoms with E-state index in [2.05, 4.69) is 46.6 Å². The average molecular weight is 344 g/mol. The lowest BCUT2D eigenvalue weighted by Gasteiger charge is -2.28. The summed E-state index contributed by atoms with van der Waals surface area (Å²) in [7, 11) is 0. The van der Waals surface area contributed by atoms with Gasteiger partial charge in [0.05, 0.1) is 13.2 Å². The van der Waals surface area contributed by atoms with E-state index in [1.165, 1.54) is 4.90 Å². The molecule has 0 radical (unpaired) electrons. The third-order valence-corrected chi connectivity index (χ3v) is 4.66. The van der Waals surface area contributed by atoms with E-state index in [4.69, 9.17) is 9.72 Å². The molecule has 24 heavy (non-hydrogen) atoms. The zero-order valence-electron chi connectivity index (χ0n) is 14.3. The number of benzene rings is 1. The Labute approximate surface area is 147 Å². The number of thioether (sulfide) groups is 1. The van der Waals surface area contributed by atoms with E-state index >= 15 is 0 Å². The number of hydrogen-bond acceptors (Lipinski definition) is 6. The zero-order chi connectivity index (χ0) is 16.8. The number of ether oxygens (including phenoxy) is 1. The van der Waals surface area contributed by atoms with Crippen LogP contribution in [0.15, 0.2) is 35.2 Å². The smallest absolute Gasteiger partial charge is 0.229 e. The summed E-state index contributed by atoms with van der Waals surface area (Å²) in [6.45, 7) is 5.44. The van der Waals surface area contributed by atoms with Gasteiger partial charge in [-0.1, -0.05) is 19.4 Å². The summed E-state index contributed by atoms with van der Waals surface area (Å²) in [4.78, 5) is 12.9. The van der Waals surface area contributed by atoms with Crippen molar-refractivity contribution in [3.8, 4) is 0 Å². The number of aryl methyl sites for hydroxylation is 1. The molecule has 128 valence electrons. The highest BCUT2D eigenvalue weighted by atomic mass is 32.2. The van der Waals surface area contributed by atoms with Gasteiger partial charge in [0.1, 0.15) is 5.82 Å². The standard InChI is InChI=1S/C18H24N4OS/c1-3-5-14-13-17(22-8-10-23-11-9-22)21-18(19-14)20-15-6-4-7-16(12-15)24-2/h4,6-7,12-13H,3,5,8-11H2,1-2H3,(H,19,20,21). The quantitative estimate of drug-likeness (QED) is 0.806. The molecule has 1 aromatic heterocycles. The molecule has 0 saturated carbocycles. The van der Waals surface area contributed by atoms with Crippen molar-refractivity contribution in [3.63, 3.8) is 0 Å². The van der Waals surface area contributed by atoms with Gasteiger partial charge >= 0.3 is 0 Å². The highest BCUT2D eigenvalue weighted by Gasteiger charge is 2.15. The van der Waals surface area contributed by atoms with E-state index in [0.29, 0.717) is 5.95 Å². The Bertz CT molecular complexity index is 674. The number of morpholine rings is 1. The maximum atomic E-state index is 5.45. The fourth-order valence-corrected chi connectivity index (χ4v) is 3.17. The highest BCUT2D eigenvalue weighted by molar-refractivity contribution is 7.98. The van der Waals surface area contributed by atoms with Crippen LogP contribution in [0.5, 0.6) is 0 Å². The third-order valence-electron chi connectivity index (χ3n) is 3.93. The molecule has 2 aromatic rings. The van der Waals surface area contributed by atoms with Gasteiger partial charge in [0.25, 0.3) is 0 Å². The van der Waals surface area contributed by atoms with Crippen LogP contribution in [0.25, 0.3) is 0 Å². The Kier molecular flexibility index (Phi) is 5.93. The van der Waals surface area contributed by atoms with Gasteiger partial charge in [0.2, 0.25) is 5.95 Å². The van der Waals surface area contributed by atoms with Crippen LogP contribution in [0.3, 0.4) is 0 Å². The summed E-state index contributed by atoms with van der Waals surface area (Å²) in [6.07, 6.45) is 4.11. The lowest BCUT2D eigenvalue weighted by molar-refractivity contribution is 0.122. The first kappa shape index (κ1) is 17.0. The first-order chi connectivity index (χ1) is 11.8. The maximum Gasteiger partial charge on any atom is 0.229 e. The Balaban J connectivity index is 1.86. The molecular formula is C18H24N4OS. The molecule has 5 nitrogen and oxygen atoms in total. The molecule has 0 atom stereocenters. The molecule has 1 saturated heterocycles. The molecule has 0 spiro atoms. The van der Waals surface area contributed by atoms with Crippen molar-refractivity contribution in [1.29, 1.82) is 0 Å². The van der Waals surface area contributed by atoms with Crippen molar-refractivity contribution in [2.24, 2.45) is 0 Å². The lowest BCUT2D eigenvalue weighted by Crippen LogP contribution is -2.37. The maximum absolute atomic E-state index is 5.45. The van der Waals surface area contributed by atoms with Gasteiger partial charge in [-0.25, -0.2) is 4.98 Å². The molecule has 2 heterocycles. The summed E-state index contributed by atoms with van der Waals surface area (Å²) in [5.74, 6) is 1.65. The second kappa shape index (κ2) is 8.35. The Morgan fingerprint density at radius 2 is 2.04 bits per heavy atom. The van der Waals surface area contributed by atoms with Crippen LogP contribution in [0.4, 0.5) is 17.5 Å². The van der Waals surface area contributed by atoms with Crippen molar-refractivity contribution < 1.29 is 4.74 Å². The molecular weight excluding hydrogens is 320 g/mol. The Morgan fingerprint density at radius 3 is 2.79 bits per heavy atom. The van der Waals surface area contributed by atoms with Crippen LogP contribution >= 0.6 is 11.8 Å². The van der Waals surface area contributed by atoms with Gasteiger partial charge in [-0.3, -0.25) is 0 Å². The van der Waals surface area contributed by atoms with Crippen molar-refractivity contribution in [3.05, 3.63) is 36.0 Å². The van der Waals surface area contributed by atoms with E-state index in [-0.39, 0.29) is 0 Å². The van der Waals surface area contributed by atoms with Gasteiger partial charge in [0, 0.05) is 35.4 Å². The normalized spacial score (nSPS) is 14.7. The molecule has 1 aromatic carbocycles. The monoisotopic (exact) mass is 344 g/mol. The van der Waals surface area contributed by atoms with Gasteiger partial charge in [-0.2, -0.15) is 4.98 Å². The zero-order valence-corrected chi connectivity index (χ0v) is 15.1. The molecule has 0 amide bonds. The van der Waals surface area contributed by atoms with Gasteiger partial charge in [0.15, 0.2) is 0 Å². The van der Waals surface area contributed by atoms with E-state index in [1.54, 1.807) is 11.8 Å². The second-order valence-corrected chi connectivity index (χ2v) is 6.63. The molecule has 0 unspecified atom stereocenters. The summed E-state index contributed by atoms with van der Waals surface area (Å²) >= 11 is 1.73. The summed E-state index contributed by atoms with van der Waals surface area (Å²) < 4.78 is 5.45. The van der Waals surface area contributed by atoms with Crippen LogP contribution in [-0.4, -0.2) is 42.5 Å². The minimum absolute atomic E-state index is 0.667. The molecule has 6 heteroatoms. The van der Waals surface area contributed by atoms with Crippen molar-refractivity contribution >= 4 is 29.2 Å². The van der Waals surface area contributed by atoms with E-state index in [0.717, 1.165) is 56.3 Å². The summed E-state index contributed by atoms with van der Waals surface area (Å²) in [5.41, 5.74) is 2.10. The van der Waals surface area contributed by atoms with Crippen LogP contribution in [0, 0.1) is 0 Å². The minimum Gasteiger partial charge on any atom is -0.378 e. The molecule has 0 bridgehead atoms. The number of rotatable bonds is 6. The number of nitrogens with one attached hydrogen (secondary N) is 1.